The average molecular weight is 268 g/mol. The van der Waals surface area contributed by atoms with Gasteiger partial charge in [-0.1, -0.05) is 0 Å². The highest BCUT2D eigenvalue weighted by Crippen LogP contribution is 2.28. The van der Waals surface area contributed by atoms with E-state index in [-0.39, 0.29) is 0 Å². The van der Waals surface area contributed by atoms with E-state index in [9.17, 15) is 0 Å². The van der Waals surface area contributed by atoms with Crippen LogP contribution in [0.5, 0.6) is 0 Å². The zero-order chi connectivity index (χ0) is 13.1. The Bertz CT molecular complexity index is 390. The normalized spacial score (nSPS) is 22.2. The van der Waals surface area contributed by atoms with Crippen LogP contribution in [0.3, 0.4) is 0 Å². The Morgan fingerprint density at radius 3 is 2.94 bits per heavy atom. The van der Waals surface area contributed by atoms with Gasteiger partial charge in [-0.3, -0.25) is 0 Å². The van der Waals surface area contributed by atoms with Crippen LogP contribution in [0.15, 0.2) is 0 Å². The van der Waals surface area contributed by atoms with Gasteiger partial charge in [0.25, 0.3) is 0 Å². The minimum atomic E-state index is 0.547. The maximum absolute atomic E-state index is 4.76. The fraction of sp³-hybridized carbons (Fsp3) is 0.769. The Morgan fingerprint density at radius 2 is 2.22 bits per heavy atom. The van der Waals surface area contributed by atoms with Crippen LogP contribution < -0.4 is 10.2 Å². The second-order valence-corrected chi connectivity index (χ2v) is 6.26. The molecule has 1 saturated heterocycles. The van der Waals surface area contributed by atoms with Crippen molar-refractivity contribution < 1.29 is 0 Å². The summed E-state index contributed by atoms with van der Waals surface area (Å²) in [6, 6.07) is 0.547. The highest BCUT2D eigenvalue weighted by atomic mass is 32.1. The third-order valence-electron chi connectivity index (χ3n) is 3.51. The lowest BCUT2D eigenvalue weighted by Crippen LogP contribution is -2.37. The molecule has 0 aromatic carbocycles. The summed E-state index contributed by atoms with van der Waals surface area (Å²) in [6.07, 6.45) is 1.22. The van der Waals surface area contributed by atoms with Crippen molar-refractivity contribution in [3.05, 3.63) is 10.6 Å². The van der Waals surface area contributed by atoms with Gasteiger partial charge in [0.15, 0.2) is 5.13 Å². The molecule has 1 aliphatic heterocycles. The predicted octanol–water partition coefficient (Wildman–Crippen LogP) is 1.70. The number of likely N-dealkylation sites (N-methyl/N-ethyl adjacent to an activating group) is 1. The van der Waals surface area contributed by atoms with Gasteiger partial charge < -0.3 is 15.1 Å². The molecule has 102 valence electrons. The summed E-state index contributed by atoms with van der Waals surface area (Å²) in [5.41, 5.74) is 1.18. The number of nitrogens with zero attached hydrogens (tertiary/aromatic N) is 3. The number of rotatable bonds is 3. The maximum atomic E-state index is 4.76. The topological polar surface area (TPSA) is 31.4 Å². The van der Waals surface area contributed by atoms with E-state index in [1.807, 2.05) is 18.4 Å². The minimum Gasteiger partial charge on any atom is -0.344 e. The summed E-state index contributed by atoms with van der Waals surface area (Å²) in [7, 11) is 4.20. The Kier molecular flexibility index (Phi) is 4.59. The van der Waals surface area contributed by atoms with Gasteiger partial charge in [-0.25, -0.2) is 4.98 Å². The number of anilines is 1. The van der Waals surface area contributed by atoms with Crippen LogP contribution in [-0.2, 0) is 6.54 Å². The summed E-state index contributed by atoms with van der Waals surface area (Å²) >= 11 is 1.84. The Morgan fingerprint density at radius 1 is 1.44 bits per heavy atom. The van der Waals surface area contributed by atoms with Gasteiger partial charge in [0.2, 0.25) is 0 Å². The van der Waals surface area contributed by atoms with Crippen molar-refractivity contribution in [2.45, 2.75) is 32.9 Å². The summed E-state index contributed by atoms with van der Waals surface area (Å²) in [5, 5.41) is 4.41. The van der Waals surface area contributed by atoms with Gasteiger partial charge in [-0.15, -0.1) is 11.3 Å². The van der Waals surface area contributed by atoms with Crippen molar-refractivity contribution in [3.63, 3.8) is 0 Å². The molecule has 5 heteroatoms. The number of nitrogens with one attached hydrogen (secondary N) is 1. The van der Waals surface area contributed by atoms with E-state index in [2.05, 4.69) is 36.0 Å². The smallest absolute Gasteiger partial charge is 0.186 e. The number of aryl methyl sites for hydroxylation is 1. The van der Waals surface area contributed by atoms with Gasteiger partial charge in [0, 0.05) is 30.6 Å². The molecular weight excluding hydrogens is 244 g/mol. The van der Waals surface area contributed by atoms with E-state index in [1.54, 1.807) is 0 Å². The molecule has 18 heavy (non-hydrogen) atoms. The summed E-state index contributed by atoms with van der Waals surface area (Å²) in [5.74, 6) is 0. The van der Waals surface area contributed by atoms with E-state index in [4.69, 9.17) is 4.98 Å². The number of hydrogen-bond donors (Lipinski definition) is 1. The molecular formula is C13H24N4S. The number of hydrogen-bond acceptors (Lipinski definition) is 5. The molecule has 0 saturated carbocycles. The molecule has 1 atom stereocenters. The second kappa shape index (κ2) is 5.99. The molecule has 1 unspecified atom stereocenters. The molecule has 1 fully saturated rings. The average Bonchev–Trinajstić information content (AvgIpc) is 2.56. The SMILES string of the molecule is CNCc1sc(N2CCCN(C)CC2C)nc1C. The lowest BCUT2D eigenvalue weighted by atomic mass is 10.3. The van der Waals surface area contributed by atoms with Gasteiger partial charge in [-0.2, -0.15) is 0 Å². The van der Waals surface area contributed by atoms with Crippen molar-refractivity contribution in [2.75, 3.05) is 38.6 Å². The fourth-order valence-electron chi connectivity index (χ4n) is 2.52. The van der Waals surface area contributed by atoms with E-state index in [0.29, 0.717) is 6.04 Å². The van der Waals surface area contributed by atoms with E-state index in [0.717, 1.165) is 19.6 Å². The monoisotopic (exact) mass is 268 g/mol. The first kappa shape index (κ1) is 13.8. The van der Waals surface area contributed by atoms with E-state index < -0.39 is 0 Å². The third-order valence-corrected chi connectivity index (χ3v) is 4.71. The van der Waals surface area contributed by atoms with Crippen LogP contribution in [0.2, 0.25) is 0 Å². The largest absolute Gasteiger partial charge is 0.344 e. The highest BCUT2D eigenvalue weighted by molar-refractivity contribution is 7.15. The van der Waals surface area contributed by atoms with Crippen LogP contribution >= 0.6 is 11.3 Å². The Balaban J connectivity index is 2.16. The summed E-state index contributed by atoms with van der Waals surface area (Å²) in [6.45, 7) is 8.77. The van der Waals surface area contributed by atoms with Crippen molar-refractivity contribution in [3.8, 4) is 0 Å². The van der Waals surface area contributed by atoms with Gasteiger partial charge in [-0.05, 0) is 40.9 Å². The van der Waals surface area contributed by atoms with Crippen molar-refractivity contribution in [2.24, 2.45) is 0 Å². The van der Waals surface area contributed by atoms with Crippen LogP contribution in [-0.4, -0.2) is 49.7 Å². The third kappa shape index (κ3) is 3.02. The standard InChI is InChI=1S/C13H24N4S/c1-10-9-16(4)6-5-7-17(10)13-15-11(2)12(18-13)8-14-3/h10,14H,5-9H2,1-4H3. The molecule has 1 aromatic heterocycles. The first-order valence-corrected chi connectivity index (χ1v) is 7.49. The zero-order valence-electron chi connectivity index (χ0n) is 11.9. The van der Waals surface area contributed by atoms with Crippen molar-refractivity contribution in [1.29, 1.82) is 0 Å². The second-order valence-electron chi connectivity index (χ2n) is 5.19. The number of aromatic nitrogens is 1. The fourth-order valence-corrected chi connectivity index (χ4v) is 3.72. The highest BCUT2D eigenvalue weighted by Gasteiger charge is 2.22. The molecule has 4 nitrogen and oxygen atoms in total. The zero-order valence-corrected chi connectivity index (χ0v) is 12.7. The summed E-state index contributed by atoms with van der Waals surface area (Å²) in [4.78, 5) is 11.0. The summed E-state index contributed by atoms with van der Waals surface area (Å²) < 4.78 is 0. The van der Waals surface area contributed by atoms with Gasteiger partial charge in [0.1, 0.15) is 0 Å². The lowest BCUT2D eigenvalue weighted by Gasteiger charge is -2.27. The van der Waals surface area contributed by atoms with Crippen molar-refractivity contribution in [1.82, 2.24) is 15.2 Å². The predicted molar refractivity (Wildman–Crippen MR) is 78.5 cm³/mol. The lowest BCUT2D eigenvalue weighted by molar-refractivity contribution is 0.337. The first-order valence-electron chi connectivity index (χ1n) is 6.68. The van der Waals surface area contributed by atoms with E-state index in [1.165, 1.54) is 28.7 Å². The van der Waals surface area contributed by atoms with E-state index >= 15 is 0 Å². The molecule has 1 aliphatic rings. The minimum absolute atomic E-state index is 0.547. The quantitative estimate of drug-likeness (QED) is 0.904. The molecule has 0 amide bonds. The van der Waals surface area contributed by atoms with Crippen LogP contribution in [0.1, 0.15) is 23.9 Å². The molecule has 2 heterocycles. The van der Waals surface area contributed by atoms with Crippen molar-refractivity contribution >= 4 is 16.5 Å². The van der Waals surface area contributed by atoms with Gasteiger partial charge in [0.05, 0.1) is 5.69 Å². The maximum Gasteiger partial charge on any atom is 0.186 e. The molecule has 1 aromatic rings. The van der Waals surface area contributed by atoms with Gasteiger partial charge >= 0.3 is 0 Å². The van der Waals surface area contributed by atoms with Crippen LogP contribution in [0, 0.1) is 6.92 Å². The molecule has 2 rings (SSSR count). The molecule has 0 spiro atoms. The molecule has 0 aliphatic carbocycles. The van der Waals surface area contributed by atoms with Crippen LogP contribution in [0.25, 0.3) is 0 Å². The Hall–Kier alpha value is -0.650. The molecule has 1 N–H and O–H groups in total. The molecule has 0 bridgehead atoms. The number of thiazole rings is 1. The van der Waals surface area contributed by atoms with Crippen LogP contribution in [0.4, 0.5) is 5.13 Å². The first-order chi connectivity index (χ1) is 8.61. The molecule has 0 radical (unpaired) electrons. The Labute approximate surface area is 114 Å².